The molecule has 2 amide bonds. The zero-order valence-corrected chi connectivity index (χ0v) is 20.6. The van der Waals surface area contributed by atoms with Gasteiger partial charge < -0.3 is 4.90 Å². The van der Waals surface area contributed by atoms with Gasteiger partial charge in [-0.1, -0.05) is 102 Å². The summed E-state index contributed by atoms with van der Waals surface area (Å²) in [4.78, 5) is 30.1. The summed E-state index contributed by atoms with van der Waals surface area (Å²) in [5.74, 6) is -0.0667. The third kappa shape index (κ3) is 6.01. The predicted octanol–water partition coefficient (Wildman–Crippen LogP) is 6.21. The van der Waals surface area contributed by atoms with E-state index < -0.39 is 0 Å². The molecular formula is C28H26N2O2S2. The molecule has 1 saturated heterocycles. The Bertz CT molecular complexity index is 1190. The van der Waals surface area contributed by atoms with Crippen LogP contribution in [0.25, 0.3) is 6.08 Å². The van der Waals surface area contributed by atoms with Crippen molar-refractivity contribution >= 4 is 51.9 Å². The van der Waals surface area contributed by atoms with Crippen LogP contribution in [0.3, 0.4) is 0 Å². The van der Waals surface area contributed by atoms with Crippen LogP contribution >= 0.6 is 24.0 Å². The van der Waals surface area contributed by atoms with E-state index in [1.807, 2.05) is 97.9 Å². The van der Waals surface area contributed by atoms with Crippen LogP contribution in [0, 0.1) is 6.92 Å². The zero-order chi connectivity index (χ0) is 23.9. The second kappa shape index (κ2) is 11.3. The number of thiocarbonyl (C=S) groups is 1. The van der Waals surface area contributed by atoms with Gasteiger partial charge in [-0.25, -0.2) is 0 Å². The standard InChI is InChI=1S/C28H26N2O2S2/c1-21-14-16-22(17-15-21)19-25-27(32)29(28(33)34-25)18-8-13-26(31)30(24-11-6-3-7-12-24)20-23-9-4-2-5-10-23/h2-7,9-12,14-17,19H,8,13,18,20H2,1H3/b25-19-. The van der Waals surface area contributed by atoms with Crippen molar-refractivity contribution < 1.29 is 9.59 Å². The van der Waals surface area contributed by atoms with Crippen molar-refractivity contribution in [3.63, 3.8) is 0 Å². The molecule has 3 aromatic rings. The molecule has 172 valence electrons. The minimum Gasteiger partial charge on any atom is -0.308 e. The van der Waals surface area contributed by atoms with Crippen molar-refractivity contribution in [1.82, 2.24) is 4.90 Å². The lowest BCUT2D eigenvalue weighted by Gasteiger charge is -2.24. The summed E-state index contributed by atoms with van der Waals surface area (Å²) in [6.45, 7) is 2.96. The molecular weight excluding hydrogens is 460 g/mol. The number of benzene rings is 3. The van der Waals surface area contributed by atoms with Gasteiger partial charge in [0.2, 0.25) is 5.91 Å². The molecule has 0 N–H and O–H groups in total. The third-order valence-electron chi connectivity index (χ3n) is 5.57. The van der Waals surface area contributed by atoms with E-state index in [1.165, 1.54) is 17.3 Å². The lowest BCUT2D eigenvalue weighted by molar-refractivity contribution is -0.123. The van der Waals surface area contributed by atoms with Gasteiger partial charge >= 0.3 is 0 Å². The van der Waals surface area contributed by atoms with Crippen molar-refractivity contribution in [1.29, 1.82) is 0 Å². The zero-order valence-electron chi connectivity index (χ0n) is 19.0. The van der Waals surface area contributed by atoms with E-state index in [9.17, 15) is 9.59 Å². The maximum Gasteiger partial charge on any atom is 0.266 e. The number of carbonyl (C=O) groups excluding carboxylic acids is 2. The quantitative estimate of drug-likeness (QED) is 0.280. The highest BCUT2D eigenvalue weighted by atomic mass is 32.2. The molecule has 4 rings (SSSR count). The monoisotopic (exact) mass is 486 g/mol. The van der Waals surface area contributed by atoms with Crippen molar-refractivity contribution in [3.05, 3.63) is 107 Å². The van der Waals surface area contributed by atoms with E-state index in [-0.39, 0.29) is 11.8 Å². The Morgan fingerprint density at radius 2 is 1.62 bits per heavy atom. The summed E-state index contributed by atoms with van der Waals surface area (Å²) < 4.78 is 0.542. The Labute approximate surface area is 210 Å². The highest BCUT2D eigenvalue weighted by Gasteiger charge is 2.31. The molecule has 4 nitrogen and oxygen atoms in total. The number of hydrogen-bond acceptors (Lipinski definition) is 4. The summed E-state index contributed by atoms with van der Waals surface area (Å²) in [6, 6.07) is 27.7. The summed E-state index contributed by atoms with van der Waals surface area (Å²) in [5.41, 5.74) is 4.08. The molecule has 1 aliphatic rings. The molecule has 0 aliphatic carbocycles. The SMILES string of the molecule is Cc1ccc(/C=C2\SC(=S)N(CCCC(=O)N(Cc3ccccc3)c3ccccc3)C2=O)cc1. The molecule has 1 heterocycles. The lowest BCUT2D eigenvalue weighted by Crippen LogP contribution is -2.33. The number of hydrogen-bond donors (Lipinski definition) is 0. The number of aryl methyl sites for hydroxylation is 1. The van der Waals surface area contributed by atoms with Gasteiger partial charge in [0.05, 0.1) is 11.4 Å². The molecule has 0 radical (unpaired) electrons. The van der Waals surface area contributed by atoms with Crippen LogP contribution in [-0.2, 0) is 16.1 Å². The van der Waals surface area contributed by atoms with Crippen molar-refractivity contribution in [2.24, 2.45) is 0 Å². The van der Waals surface area contributed by atoms with Crippen LogP contribution in [-0.4, -0.2) is 27.6 Å². The summed E-state index contributed by atoms with van der Waals surface area (Å²) in [7, 11) is 0. The topological polar surface area (TPSA) is 40.6 Å². The predicted molar refractivity (Wildman–Crippen MR) is 144 cm³/mol. The maximum absolute atomic E-state index is 13.2. The van der Waals surface area contributed by atoms with E-state index in [0.717, 1.165) is 16.8 Å². The molecule has 3 aromatic carbocycles. The Hall–Kier alpha value is -3.22. The van der Waals surface area contributed by atoms with Crippen LogP contribution in [0.15, 0.2) is 89.8 Å². The van der Waals surface area contributed by atoms with Crippen LogP contribution < -0.4 is 4.90 Å². The molecule has 0 spiro atoms. The Kier molecular flexibility index (Phi) is 7.93. The van der Waals surface area contributed by atoms with Gasteiger partial charge in [-0.2, -0.15) is 0 Å². The van der Waals surface area contributed by atoms with Gasteiger partial charge in [-0.05, 0) is 42.7 Å². The van der Waals surface area contributed by atoms with E-state index in [4.69, 9.17) is 12.2 Å². The number of carbonyl (C=O) groups is 2. The average molecular weight is 487 g/mol. The van der Waals surface area contributed by atoms with E-state index in [0.29, 0.717) is 35.2 Å². The number of rotatable bonds is 8. The highest BCUT2D eigenvalue weighted by molar-refractivity contribution is 8.26. The first-order valence-electron chi connectivity index (χ1n) is 11.2. The van der Waals surface area contributed by atoms with E-state index in [1.54, 1.807) is 9.80 Å². The number of amides is 2. The molecule has 0 saturated carbocycles. The van der Waals surface area contributed by atoms with Gasteiger partial charge in [0, 0.05) is 18.7 Å². The summed E-state index contributed by atoms with van der Waals surface area (Å²) >= 11 is 6.78. The fraction of sp³-hybridized carbons (Fsp3) is 0.179. The van der Waals surface area contributed by atoms with E-state index in [2.05, 4.69) is 0 Å². The van der Waals surface area contributed by atoms with Crippen LogP contribution in [0.2, 0.25) is 0 Å². The van der Waals surface area contributed by atoms with E-state index >= 15 is 0 Å². The van der Waals surface area contributed by atoms with Gasteiger partial charge in [-0.3, -0.25) is 14.5 Å². The molecule has 0 aromatic heterocycles. The number of anilines is 1. The molecule has 34 heavy (non-hydrogen) atoms. The fourth-order valence-corrected chi connectivity index (χ4v) is 5.04. The van der Waals surface area contributed by atoms with Crippen LogP contribution in [0.4, 0.5) is 5.69 Å². The molecule has 0 bridgehead atoms. The first-order valence-corrected chi connectivity index (χ1v) is 12.4. The normalized spacial score (nSPS) is 14.6. The Morgan fingerprint density at radius 3 is 2.29 bits per heavy atom. The largest absolute Gasteiger partial charge is 0.308 e. The lowest BCUT2D eigenvalue weighted by atomic mass is 10.1. The van der Waals surface area contributed by atoms with Crippen molar-refractivity contribution in [3.8, 4) is 0 Å². The van der Waals surface area contributed by atoms with Crippen LogP contribution in [0.5, 0.6) is 0 Å². The molecule has 0 unspecified atom stereocenters. The number of nitrogens with zero attached hydrogens (tertiary/aromatic N) is 2. The minimum absolute atomic E-state index is 0.0238. The first-order chi connectivity index (χ1) is 16.5. The number of para-hydroxylation sites is 1. The van der Waals surface area contributed by atoms with Crippen molar-refractivity contribution in [2.45, 2.75) is 26.3 Å². The molecule has 1 fully saturated rings. The first kappa shape index (κ1) is 23.9. The Morgan fingerprint density at radius 1 is 0.971 bits per heavy atom. The second-order valence-corrected chi connectivity index (χ2v) is 9.82. The second-order valence-electron chi connectivity index (χ2n) is 8.15. The van der Waals surface area contributed by atoms with Gasteiger partial charge in [0.15, 0.2) is 0 Å². The van der Waals surface area contributed by atoms with Crippen LogP contribution in [0.1, 0.15) is 29.5 Å². The Balaban J connectivity index is 1.39. The molecule has 0 atom stereocenters. The van der Waals surface area contributed by atoms with Gasteiger partial charge in [0.25, 0.3) is 5.91 Å². The number of thioether (sulfide) groups is 1. The highest BCUT2D eigenvalue weighted by Crippen LogP contribution is 2.33. The smallest absolute Gasteiger partial charge is 0.266 e. The third-order valence-corrected chi connectivity index (χ3v) is 6.95. The van der Waals surface area contributed by atoms with Gasteiger partial charge in [0.1, 0.15) is 4.32 Å². The average Bonchev–Trinajstić information content (AvgIpc) is 3.12. The minimum atomic E-state index is -0.0905. The maximum atomic E-state index is 13.2. The fourth-order valence-electron chi connectivity index (χ4n) is 3.73. The molecule has 6 heteroatoms. The summed E-state index contributed by atoms with van der Waals surface area (Å²) in [6.07, 6.45) is 2.75. The molecule has 1 aliphatic heterocycles. The summed E-state index contributed by atoms with van der Waals surface area (Å²) in [5, 5.41) is 0. The van der Waals surface area contributed by atoms with Crippen molar-refractivity contribution in [2.75, 3.05) is 11.4 Å². The van der Waals surface area contributed by atoms with Gasteiger partial charge in [-0.15, -0.1) is 0 Å².